The van der Waals surface area contributed by atoms with Crippen molar-refractivity contribution in [3.8, 4) is 0 Å². The Morgan fingerprint density at radius 2 is 2.00 bits per heavy atom. The molecule has 2 atom stereocenters. The second-order valence-electron chi connectivity index (χ2n) is 8.06. The molecule has 3 aromatic rings. The highest BCUT2D eigenvalue weighted by atomic mass is 19.4. The van der Waals surface area contributed by atoms with Crippen LogP contribution < -0.4 is 10.6 Å². The van der Waals surface area contributed by atoms with Crippen molar-refractivity contribution in [3.05, 3.63) is 70.3 Å². The predicted molar refractivity (Wildman–Crippen MR) is 113 cm³/mol. The van der Waals surface area contributed by atoms with Gasteiger partial charge in [0.1, 0.15) is 22.9 Å². The lowest BCUT2D eigenvalue weighted by molar-refractivity contribution is -0.173. The molecule has 0 aliphatic carbocycles. The molecule has 1 aliphatic heterocycles. The van der Waals surface area contributed by atoms with Gasteiger partial charge in [-0.05, 0) is 37.5 Å². The van der Waals surface area contributed by atoms with Gasteiger partial charge in [0.25, 0.3) is 5.91 Å². The number of nitrogens with one attached hydrogen (secondary N) is 2. The van der Waals surface area contributed by atoms with Gasteiger partial charge in [-0.2, -0.15) is 18.3 Å². The number of aryl methyl sites for hydroxylation is 3. The summed E-state index contributed by atoms with van der Waals surface area (Å²) in [6, 6.07) is 6.89. The third-order valence-electron chi connectivity index (χ3n) is 5.86. The third kappa shape index (κ3) is 4.24. The van der Waals surface area contributed by atoms with E-state index in [0.29, 0.717) is 5.76 Å². The van der Waals surface area contributed by atoms with Crippen molar-refractivity contribution in [2.45, 2.75) is 58.4 Å². The van der Waals surface area contributed by atoms with Crippen molar-refractivity contribution >= 4 is 11.7 Å². The highest BCUT2D eigenvalue weighted by molar-refractivity contribution is 5.98. The lowest BCUT2D eigenvalue weighted by Gasteiger charge is -2.34. The van der Waals surface area contributed by atoms with Gasteiger partial charge in [0, 0.05) is 18.5 Å². The largest absolute Gasteiger partial charge is 0.466 e. The molecule has 0 saturated carbocycles. The van der Waals surface area contributed by atoms with Gasteiger partial charge < -0.3 is 15.1 Å². The lowest BCUT2D eigenvalue weighted by atomic mass is 9.95. The molecule has 1 amide bonds. The Bertz CT molecular complexity index is 1120. The predicted octanol–water partition coefficient (Wildman–Crippen LogP) is 5.25. The monoisotopic (exact) mass is 446 g/mol. The maximum absolute atomic E-state index is 13.9. The van der Waals surface area contributed by atoms with Crippen molar-refractivity contribution in [2.24, 2.45) is 0 Å². The quantitative estimate of drug-likeness (QED) is 0.562. The molecule has 0 spiro atoms. The zero-order chi connectivity index (χ0) is 23.0. The summed E-state index contributed by atoms with van der Waals surface area (Å²) >= 11 is 0. The van der Waals surface area contributed by atoms with E-state index in [4.69, 9.17) is 4.42 Å². The normalized spacial score (nSPS) is 18.2. The van der Waals surface area contributed by atoms with Crippen LogP contribution in [0.4, 0.5) is 19.0 Å². The minimum atomic E-state index is -4.50. The van der Waals surface area contributed by atoms with Crippen LogP contribution in [0.1, 0.15) is 64.0 Å². The van der Waals surface area contributed by atoms with Crippen molar-refractivity contribution in [3.63, 3.8) is 0 Å². The van der Waals surface area contributed by atoms with Crippen LogP contribution in [0.3, 0.4) is 0 Å². The van der Waals surface area contributed by atoms with Crippen LogP contribution in [-0.4, -0.2) is 21.9 Å². The van der Waals surface area contributed by atoms with E-state index < -0.39 is 24.2 Å². The second kappa shape index (κ2) is 8.37. The Balaban J connectivity index is 1.61. The van der Waals surface area contributed by atoms with Gasteiger partial charge in [0.2, 0.25) is 0 Å². The van der Waals surface area contributed by atoms with Crippen molar-refractivity contribution < 1.29 is 22.4 Å². The summed E-state index contributed by atoms with van der Waals surface area (Å²) < 4.78 is 47.9. The number of furan rings is 1. The summed E-state index contributed by atoms with van der Waals surface area (Å²) in [6.07, 6.45) is -2.68. The first-order chi connectivity index (χ1) is 15.2. The number of amides is 1. The van der Waals surface area contributed by atoms with Gasteiger partial charge in [0.15, 0.2) is 6.04 Å². The molecule has 0 radical (unpaired) electrons. The van der Waals surface area contributed by atoms with E-state index in [-0.39, 0.29) is 24.3 Å². The maximum Gasteiger partial charge on any atom is 0.410 e. The summed E-state index contributed by atoms with van der Waals surface area (Å²) in [6.45, 7) is 5.82. The van der Waals surface area contributed by atoms with Gasteiger partial charge in [-0.25, -0.2) is 4.68 Å². The van der Waals surface area contributed by atoms with Crippen LogP contribution in [0.15, 0.2) is 40.9 Å². The summed E-state index contributed by atoms with van der Waals surface area (Å²) in [5.41, 5.74) is 2.73. The molecule has 0 fully saturated rings. The van der Waals surface area contributed by atoms with Gasteiger partial charge in [-0.1, -0.05) is 31.2 Å². The van der Waals surface area contributed by atoms with Crippen LogP contribution in [0, 0.1) is 13.8 Å². The third-order valence-corrected chi connectivity index (χ3v) is 5.86. The number of benzene rings is 1. The molecular formula is C23H25F3N4O2. The highest BCUT2D eigenvalue weighted by Crippen LogP contribution is 2.44. The number of halogens is 3. The Kier molecular flexibility index (Phi) is 5.75. The topological polar surface area (TPSA) is 72.1 Å². The fourth-order valence-electron chi connectivity index (χ4n) is 4.06. The van der Waals surface area contributed by atoms with Gasteiger partial charge in [-0.3, -0.25) is 4.79 Å². The zero-order valence-corrected chi connectivity index (χ0v) is 18.1. The fourth-order valence-corrected chi connectivity index (χ4v) is 4.06. The number of anilines is 1. The van der Waals surface area contributed by atoms with Crippen molar-refractivity contribution in [2.75, 3.05) is 5.32 Å². The molecule has 0 saturated heterocycles. The lowest BCUT2D eigenvalue weighted by Crippen LogP contribution is -2.36. The molecule has 0 bridgehead atoms. The number of hydrogen-bond donors (Lipinski definition) is 2. The Labute approximate surface area is 183 Å². The molecule has 170 valence electrons. The van der Waals surface area contributed by atoms with E-state index in [1.807, 2.05) is 37.3 Å². The number of hydrogen-bond acceptors (Lipinski definition) is 4. The van der Waals surface area contributed by atoms with Crippen LogP contribution in [-0.2, 0) is 13.0 Å². The number of rotatable bonds is 5. The molecule has 4 rings (SSSR count). The Morgan fingerprint density at radius 3 is 2.59 bits per heavy atom. The molecule has 1 aliphatic rings. The number of carbonyl (C=O) groups excluding carboxylic acids is 1. The van der Waals surface area contributed by atoms with Gasteiger partial charge in [0.05, 0.1) is 12.2 Å². The standard InChI is InChI=1S/C23H25F3N4O2/c1-4-15-5-7-16(8-6-15)19-10-20(23(24,25)26)30-21(29-19)18(12-28-30)22(31)27-11-17-9-13(2)32-14(17)3/h5-9,12,19-20,29H,4,10-11H2,1-3H3,(H,27,31)/t19-,20+/m0/s1. The highest BCUT2D eigenvalue weighted by Gasteiger charge is 2.47. The maximum atomic E-state index is 13.9. The van der Waals surface area contributed by atoms with Crippen LogP contribution in [0.2, 0.25) is 0 Å². The molecule has 3 heterocycles. The Hall–Kier alpha value is -3.23. The summed E-state index contributed by atoms with van der Waals surface area (Å²) in [5, 5.41) is 9.79. The number of carbonyl (C=O) groups is 1. The minimum absolute atomic E-state index is 0.0701. The Morgan fingerprint density at radius 1 is 1.28 bits per heavy atom. The molecule has 9 heteroatoms. The SMILES string of the molecule is CCc1ccc([C@@H]2C[C@H](C(F)(F)F)n3ncc(C(=O)NCc4cc(C)oc4C)c3N2)cc1. The zero-order valence-electron chi connectivity index (χ0n) is 18.1. The van der Waals surface area contributed by atoms with Crippen LogP contribution >= 0.6 is 0 Å². The summed E-state index contributed by atoms with van der Waals surface area (Å²) in [7, 11) is 0. The average Bonchev–Trinajstić information content (AvgIpc) is 3.32. The number of alkyl halides is 3. The van der Waals surface area contributed by atoms with Crippen molar-refractivity contribution in [1.29, 1.82) is 0 Å². The van der Waals surface area contributed by atoms with E-state index in [9.17, 15) is 18.0 Å². The van der Waals surface area contributed by atoms with E-state index in [2.05, 4.69) is 15.7 Å². The second-order valence-corrected chi connectivity index (χ2v) is 8.06. The molecule has 1 aromatic carbocycles. The van der Waals surface area contributed by atoms with E-state index in [1.165, 1.54) is 6.20 Å². The molecular weight excluding hydrogens is 421 g/mol. The van der Waals surface area contributed by atoms with Crippen LogP contribution in [0.25, 0.3) is 0 Å². The number of aromatic nitrogens is 2. The van der Waals surface area contributed by atoms with Gasteiger partial charge in [-0.15, -0.1) is 0 Å². The smallest absolute Gasteiger partial charge is 0.410 e. The molecule has 6 nitrogen and oxygen atoms in total. The van der Waals surface area contributed by atoms with E-state index >= 15 is 0 Å². The molecule has 2 aromatic heterocycles. The number of nitrogens with zero attached hydrogens (tertiary/aromatic N) is 2. The van der Waals surface area contributed by atoms with E-state index in [1.54, 1.807) is 13.8 Å². The summed E-state index contributed by atoms with van der Waals surface area (Å²) in [4.78, 5) is 12.8. The average molecular weight is 446 g/mol. The first-order valence-corrected chi connectivity index (χ1v) is 10.5. The van der Waals surface area contributed by atoms with Gasteiger partial charge >= 0.3 is 6.18 Å². The molecule has 0 unspecified atom stereocenters. The summed E-state index contributed by atoms with van der Waals surface area (Å²) in [5.74, 6) is 0.979. The van der Waals surface area contributed by atoms with E-state index in [0.717, 1.165) is 33.6 Å². The molecule has 32 heavy (non-hydrogen) atoms. The first-order valence-electron chi connectivity index (χ1n) is 10.5. The van der Waals surface area contributed by atoms with Crippen LogP contribution in [0.5, 0.6) is 0 Å². The van der Waals surface area contributed by atoms with Crippen molar-refractivity contribution in [1.82, 2.24) is 15.1 Å². The fraction of sp³-hybridized carbons (Fsp3) is 0.391. The molecule has 2 N–H and O–H groups in total. The first kappa shape index (κ1) is 22.0. The minimum Gasteiger partial charge on any atom is -0.466 e. The number of fused-ring (bicyclic) bond motifs is 1.